The lowest BCUT2D eigenvalue weighted by Crippen LogP contribution is -2.52. The summed E-state index contributed by atoms with van der Waals surface area (Å²) in [5.41, 5.74) is 2.73. The molecule has 1 atom stereocenters. The van der Waals surface area contributed by atoms with Gasteiger partial charge in [-0.25, -0.2) is 0 Å². The highest BCUT2D eigenvalue weighted by molar-refractivity contribution is 6.13. The summed E-state index contributed by atoms with van der Waals surface area (Å²) in [5.74, 6) is -0.620. The lowest BCUT2D eigenvalue weighted by Gasteiger charge is -2.34. The molecule has 0 bridgehead atoms. The van der Waals surface area contributed by atoms with E-state index in [-0.39, 0.29) is 24.3 Å². The number of para-hydroxylation sites is 1. The van der Waals surface area contributed by atoms with Crippen LogP contribution >= 0.6 is 0 Å². The molecular weight excluding hydrogens is 420 g/mol. The quantitative estimate of drug-likeness (QED) is 0.777. The summed E-state index contributed by atoms with van der Waals surface area (Å²) >= 11 is 0. The topological polar surface area (TPSA) is 82.2 Å². The van der Waals surface area contributed by atoms with Gasteiger partial charge in [0.15, 0.2) is 0 Å². The van der Waals surface area contributed by atoms with Gasteiger partial charge in [0.1, 0.15) is 12.6 Å². The van der Waals surface area contributed by atoms with Gasteiger partial charge in [0.25, 0.3) is 5.91 Å². The predicted molar refractivity (Wildman–Crippen MR) is 126 cm³/mol. The van der Waals surface area contributed by atoms with Crippen molar-refractivity contribution in [2.24, 2.45) is 0 Å². The van der Waals surface area contributed by atoms with Gasteiger partial charge in [-0.15, -0.1) is 0 Å². The van der Waals surface area contributed by atoms with E-state index >= 15 is 0 Å². The van der Waals surface area contributed by atoms with E-state index < -0.39 is 6.04 Å². The Morgan fingerprint density at radius 1 is 0.970 bits per heavy atom. The molecule has 1 N–H and O–H groups in total. The average molecular weight is 449 g/mol. The second-order valence-electron chi connectivity index (χ2n) is 8.65. The van der Waals surface area contributed by atoms with Crippen molar-refractivity contribution < 1.29 is 19.1 Å². The Hall–Kier alpha value is -3.39. The molecule has 2 saturated heterocycles. The number of nitrogens with one attached hydrogen (secondary N) is 1. The number of ether oxygens (including phenoxy) is 1. The molecule has 0 aliphatic carbocycles. The lowest BCUT2D eigenvalue weighted by atomic mass is 10.0. The van der Waals surface area contributed by atoms with Crippen LogP contribution in [0.5, 0.6) is 0 Å². The molecule has 3 heterocycles. The van der Waals surface area contributed by atoms with Crippen LogP contribution in [0.25, 0.3) is 0 Å². The van der Waals surface area contributed by atoms with Gasteiger partial charge in [-0.1, -0.05) is 12.1 Å². The predicted octanol–water partition coefficient (Wildman–Crippen LogP) is 2.50. The van der Waals surface area contributed by atoms with Gasteiger partial charge in [-0.3, -0.25) is 14.4 Å². The van der Waals surface area contributed by atoms with Crippen LogP contribution in [0.15, 0.2) is 48.5 Å². The van der Waals surface area contributed by atoms with E-state index in [1.807, 2.05) is 24.3 Å². The third-order valence-electron chi connectivity index (χ3n) is 6.57. The Morgan fingerprint density at radius 3 is 2.52 bits per heavy atom. The maximum absolute atomic E-state index is 13.4. The van der Waals surface area contributed by atoms with Gasteiger partial charge < -0.3 is 24.8 Å². The highest BCUT2D eigenvalue weighted by Crippen LogP contribution is 2.31. The molecule has 5 rings (SSSR count). The van der Waals surface area contributed by atoms with Gasteiger partial charge >= 0.3 is 0 Å². The Labute approximate surface area is 193 Å². The van der Waals surface area contributed by atoms with Crippen molar-refractivity contribution >= 4 is 34.8 Å². The fraction of sp³-hybridized carbons (Fsp3) is 0.400. The van der Waals surface area contributed by atoms with Crippen molar-refractivity contribution in [2.45, 2.75) is 25.3 Å². The number of nitrogens with zero attached hydrogens (tertiary/aromatic N) is 3. The molecule has 1 unspecified atom stereocenters. The Morgan fingerprint density at radius 2 is 1.73 bits per heavy atom. The average Bonchev–Trinajstić information content (AvgIpc) is 2.95. The van der Waals surface area contributed by atoms with Gasteiger partial charge in [0.2, 0.25) is 11.8 Å². The minimum atomic E-state index is -0.515. The second kappa shape index (κ2) is 9.23. The van der Waals surface area contributed by atoms with E-state index in [1.165, 1.54) is 4.90 Å². The molecule has 0 saturated carbocycles. The molecule has 0 aromatic heterocycles. The zero-order chi connectivity index (χ0) is 22.8. The van der Waals surface area contributed by atoms with Crippen molar-refractivity contribution in [1.29, 1.82) is 0 Å². The van der Waals surface area contributed by atoms with Crippen molar-refractivity contribution in [3.8, 4) is 0 Å². The number of fused-ring (bicyclic) bond motifs is 2. The number of benzene rings is 2. The smallest absolute Gasteiger partial charge is 0.256 e. The molecule has 33 heavy (non-hydrogen) atoms. The second-order valence-corrected chi connectivity index (χ2v) is 8.65. The van der Waals surface area contributed by atoms with Crippen molar-refractivity contribution in [3.63, 3.8) is 0 Å². The highest BCUT2D eigenvalue weighted by atomic mass is 16.5. The van der Waals surface area contributed by atoms with E-state index in [2.05, 4.69) is 10.2 Å². The largest absolute Gasteiger partial charge is 0.378 e. The number of hydrogen-bond donors (Lipinski definition) is 1. The SMILES string of the molecule is O=C(CN1C(=O)C2CCCCN2C(=O)c2ccccc21)Nc1ccc(N2CCOCC2)cc1. The summed E-state index contributed by atoms with van der Waals surface area (Å²) < 4.78 is 5.40. The minimum Gasteiger partial charge on any atom is -0.378 e. The van der Waals surface area contributed by atoms with Crippen molar-refractivity contribution in [1.82, 2.24) is 4.90 Å². The Bertz CT molecular complexity index is 1050. The molecule has 0 spiro atoms. The first kappa shape index (κ1) is 21.5. The van der Waals surface area contributed by atoms with Gasteiger partial charge in [0.05, 0.1) is 24.5 Å². The number of piperidine rings is 1. The molecule has 3 aliphatic heterocycles. The molecule has 8 heteroatoms. The monoisotopic (exact) mass is 448 g/mol. The number of carbonyl (C=O) groups is 3. The first-order chi connectivity index (χ1) is 16.1. The van der Waals surface area contributed by atoms with E-state index in [1.54, 1.807) is 29.2 Å². The zero-order valence-electron chi connectivity index (χ0n) is 18.5. The normalized spacial score (nSPS) is 20.7. The minimum absolute atomic E-state index is 0.134. The molecule has 0 radical (unpaired) electrons. The summed E-state index contributed by atoms with van der Waals surface area (Å²) in [4.78, 5) is 44.9. The van der Waals surface area contributed by atoms with Crippen LogP contribution in [0.3, 0.4) is 0 Å². The molecule has 8 nitrogen and oxygen atoms in total. The molecule has 3 aliphatic rings. The third-order valence-corrected chi connectivity index (χ3v) is 6.57. The lowest BCUT2D eigenvalue weighted by molar-refractivity contribution is -0.125. The number of morpholine rings is 1. The Kier molecular flexibility index (Phi) is 6.00. The third kappa shape index (κ3) is 4.30. The summed E-state index contributed by atoms with van der Waals surface area (Å²) in [6.07, 6.45) is 2.41. The van der Waals surface area contributed by atoms with E-state index in [9.17, 15) is 14.4 Å². The number of anilines is 3. The van der Waals surface area contributed by atoms with E-state index in [4.69, 9.17) is 4.74 Å². The zero-order valence-corrected chi connectivity index (χ0v) is 18.5. The van der Waals surface area contributed by atoms with Gasteiger partial charge in [-0.2, -0.15) is 0 Å². The molecule has 3 amide bonds. The molecule has 2 aromatic carbocycles. The number of amides is 3. The molecule has 172 valence electrons. The van der Waals surface area contributed by atoms with Gasteiger partial charge in [0, 0.05) is 31.0 Å². The first-order valence-corrected chi connectivity index (χ1v) is 11.6. The van der Waals surface area contributed by atoms with Crippen LogP contribution < -0.4 is 15.1 Å². The van der Waals surface area contributed by atoms with Gasteiger partial charge in [-0.05, 0) is 55.7 Å². The van der Waals surface area contributed by atoms with Crippen LogP contribution in [-0.4, -0.2) is 68.1 Å². The van der Waals surface area contributed by atoms with Crippen molar-refractivity contribution in [3.05, 3.63) is 54.1 Å². The Balaban J connectivity index is 1.33. The molecule has 2 fully saturated rings. The number of hydrogen-bond acceptors (Lipinski definition) is 5. The van der Waals surface area contributed by atoms with E-state index in [0.717, 1.165) is 31.6 Å². The number of rotatable bonds is 4. The molecular formula is C25H28N4O4. The van der Waals surface area contributed by atoms with Crippen LogP contribution in [-0.2, 0) is 14.3 Å². The van der Waals surface area contributed by atoms with E-state index in [0.29, 0.717) is 43.1 Å². The van der Waals surface area contributed by atoms with Crippen LogP contribution in [0, 0.1) is 0 Å². The summed E-state index contributed by atoms with van der Waals surface area (Å²) in [6, 6.07) is 14.2. The molecule has 2 aromatic rings. The van der Waals surface area contributed by atoms with Crippen LogP contribution in [0.4, 0.5) is 17.1 Å². The fourth-order valence-corrected chi connectivity index (χ4v) is 4.86. The summed E-state index contributed by atoms with van der Waals surface area (Å²) in [5, 5.41) is 2.90. The summed E-state index contributed by atoms with van der Waals surface area (Å²) in [7, 11) is 0. The maximum Gasteiger partial charge on any atom is 0.256 e. The van der Waals surface area contributed by atoms with Crippen LogP contribution in [0.1, 0.15) is 29.6 Å². The van der Waals surface area contributed by atoms with Crippen LogP contribution in [0.2, 0.25) is 0 Å². The standard InChI is InChI=1S/C25H28N4O4/c30-23(26-18-8-10-19(11-9-18)27-13-15-33-16-14-27)17-29-21-6-2-1-5-20(21)24(31)28-12-4-3-7-22(28)25(29)32/h1-2,5-6,8-11,22H,3-4,7,12-17H2,(H,26,30). The summed E-state index contributed by atoms with van der Waals surface area (Å²) in [6.45, 7) is 3.55. The maximum atomic E-state index is 13.4. The fourth-order valence-electron chi connectivity index (χ4n) is 4.86. The van der Waals surface area contributed by atoms with Crippen molar-refractivity contribution in [2.75, 3.05) is 54.5 Å². The highest BCUT2D eigenvalue weighted by Gasteiger charge is 2.40. The number of carbonyl (C=O) groups excluding carboxylic acids is 3. The first-order valence-electron chi connectivity index (χ1n) is 11.6.